The highest BCUT2D eigenvalue weighted by atomic mass is 16.2. The van der Waals surface area contributed by atoms with Crippen molar-refractivity contribution in [3.8, 4) is 0 Å². The maximum Gasteiger partial charge on any atom is 0.219 e. The fourth-order valence-corrected chi connectivity index (χ4v) is 2.40. The van der Waals surface area contributed by atoms with Gasteiger partial charge in [-0.3, -0.25) is 4.79 Å². The van der Waals surface area contributed by atoms with Gasteiger partial charge in [0.25, 0.3) is 0 Å². The average Bonchev–Trinajstić information content (AvgIpc) is 2.38. The third-order valence-corrected chi connectivity index (χ3v) is 3.60. The molecule has 0 saturated carbocycles. The maximum atomic E-state index is 11.4. The lowest BCUT2D eigenvalue weighted by Gasteiger charge is -2.33. The third kappa shape index (κ3) is 3.57. The highest BCUT2D eigenvalue weighted by molar-refractivity contribution is 5.73. The molecule has 1 aliphatic heterocycles. The van der Waals surface area contributed by atoms with Crippen molar-refractivity contribution in [2.24, 2.45) is 0 Å². The van der Waals surface area contributed by atoms with Crippen LogP contribution < -0.4 is 5.32 Å². The molecule has 98 valence electrons. The van der Waals surface area contributed by atoms with Crippen LogP contribution in [0.15, 0.2) is 24.3 Å². The van der Waals surface area contributed by atoms with E-state index < -0.39 is 0 Å². The van der Waals surface area contributed by atoms with Gasteiger partial charge in [0.2, 0.25) is 5.91 Å². The zero-order chi connectivity index (χ0) is 13.0. The van der Waals surface area contributed by atoms with Crippen LogP contribution in [0.4, 0.5) is 0 Å². The Morgan fingerprint density at radius 3 is 2.78 bits per heavy atom. The summed E-state index contributed by atoms with van der Waals surface area (Å²) >= 11 is 0. The van der Waals surface area contributed by atoms with Crippen LogP contribution >= 0.6 is 0 Å². The number of amides is 1. The predicted octanol–water partition coefficient (Wildman–Crippen LogP) is 1.75. The van der Waals surface area contributed by atoms with Crippen LogP contribution in [0.25, 0.3) is 0 Å². The monoisotopic (exact) mass is 246 g/mol. The molecule has 0 aliphatic carbocycles. The van der Waals surface area contributed by atoms with Crippen LogP contribution in [0.5, 0.6) is 0 Å². The SMILES string of the molecule is CC(=O)N1CCNC(CCc2ccc(C)cc2)C1. The molecule has 1 atom stereocenters. The van der Waals surface area contributed by atoms with Crippen LogP contribution in [0.1, 0.15) is 24.5 Å². The summed E-state index contributed by atoms with van der Waals surface area (Å²) < 4.78 is 0. The van der Waals surface area contributed by atoms with Crippen LogP contribution in [-0.2, 0) is 11.2 Å². The number of hydrogen-bond donors (Lipinski definition) is 1. The first-order valence-corrected chi connectivity index (χ1v) is 6.69. The molecule has 3 nitrogen and oxygen atoms in total. The second-order valence-electron chi connectivity index (χ2n) is 5.14. The summed E-state index contributed by atoms with van der Waals surface area (Å²) in [6.07, 6.45) is 2.16. The van der Waals surface area contributed by atoms with E-state index in [4.69, 9.17) is 0 Å². The Bertz CT molecular complexity index is 399. The van der Waals surface area contributed by atoms with Gasteiger partial charge in [0.05, 0.1) is 0 Å². The van der Waals surface area contributed by atoms with Gasteiger partial charge in [-0.05, 0) is 25.3 Å². The number of carbonyl (C=O) groups excluding carboxylic acids is 1. The molecule has 1 aliphatic rings. The number of rotatable bonds is 3. The Balaban J connectivity index is 1.82. The summed E-state index contributed by atoms with van der Waals surface area (Å²) in [6, 6.07) is 9.14. The molecule has 1 aromatic rings. The van der Waals surface area contributed by atoms with Gasteiger partial charge >= 0.3 is 0 Å². The lowest BCUT2D eigenvalue weighted by Crippen LogP contribution is -2.52. The highest BCUT2D eigenvalue weighted by Crippen LogP contribution is 2.10. The first-order valence-electron chi connectivity index (χ1n) is 6.69. The number of benzene rings is 1. The van der Waals surface area contributed by atoms with Crippen molar-refractivity contribution in [3.05, 3.63) is 35.4 Å². The molecule has 1 fully saturated rings. The number of nitrogens with zero attached hydrogens (tertiary/aromatic N) is 1. The van der Waals surface area contributed by atoms with E-state index in [1.807, 2.05) is 4.90 Å². The van der Waals surface area contributed by atoms with Crippen molar-refractivity contribution >= 4 is 5.91 Å². The Morgan fingerprint density at radius 1 is 1.39 bits per heavy atom. The van der Waals surface area contributed by atoms with E-state index in [0.717, 1.165) is 32.5 Å². The van der Waals surface area contributed by atoms with Gasteiger partial charge in [-0.2, -0.15) is 0 Å². The van der Waals surface area contributed by atoms with Gasteiger partial charge in [0.1, 0.15) is 0 Å². The van der Waals surface area contributed by atoms with E-state index in [0.29, 0.717) is 6.04 Å². The molecule has 1 unspecified atom stereocenters. The van der Waals surface area contributed by atoms with Gasteiger partial charge in [0.15, 0.2) is 0 Å². The molecule has 0 spiro atoms. The normalized spacial score (nSPS) is 19.9. The van der Waals surface area contributed by atoms with Crippen LogP contribution in [0, 0.1) is 6.92 Å². The zero-order valence-electron chi connectivity index (χ0n) is 11.3. The van der Waals surface area contributed by atoms with Crippen LogP contribution in [-0.4, -0.2) is 36.5 Å². The average molecular weight is 246 g/mol. The summed E-state index contributed by atoms with van der Waals surface area (Å²) in [5.41, 5.74) is 2.68. The molecular formula is C15H22N2O. The van der Waals surface area contributed by atoms with Crippen molar-refractivity contribution < 1.29 is 4.79 Å². The Kier molecular flexibility index (Phi) is 4.37. The fraction of sp³-hybridized carbons (Fsp3) is 0.533. The second-order valence-corrected chi connectivity index (χ2v) is 5.14. The zero-order valence-corrected chi connectivity index (χ0v) is 11.3. The number of piperazine rings is 1. The minimum Gasteiger partial charge on any atom is -0.340 e. The van der Waals surface area contributed by atoms with Crippen molar-refractivity contribution in [2.45, 2.75) is 32.7 Å². The molecule has 2 rings (SSSR count). The number of aryl methyl sites for hydroxylation is 2. The standard InChI is InChI=1S/C15H22N2O/c1-12-3-5-14(6-4-12)7-8-15-11-17(13(2)18)10-9-16-15/h3-6,15-16H,7-11H2,1-2H3. The van der Waals surface area contributed by atoms with E-state index >= 15 is 0 Å². The van der Waals surface area contributed by atoms with E-state index in [2.05, 4.69) is 36.5 Å². The largest absolute Gasteiger partial charge is 0.340 e. The molecule has 1 amide bonds. The first kappa shape index (κ1) is 13.1. The number of hydrogen-bond acceptors (Lipinski definition) is 2. The van der Waals surface area contributed by atoms with Crippen molar-refractivity contribution in [3.63, 3.8) is 0 Å². The van der Waals surface area contributed by atoms with Gasteiger partial charge in [-0.15, -0.1) is 0 Å². The van der Waals surface area contributed by atoms with Crippen LogP contribution in [0.3, 0.4) is 0 Å². The third-order valence-electron chi connectivity index (χ3n) is 3.60. The van der Waals surface area contributed by atoms with E-state index in [1.54, 1.807) is 6.92 Å². The summed E-state index contributed by atoms with van der Waals surface area (Å²) in [5.74, 6) is 0.192. The molecule has 0 bridgehead atoms. The van der Waals surface area contributed by atoms with E-state index in [1.165, 1.54) is 11.1 Å². The molecule has 1 aromatic carbocycles. The quantitative estimate of drug-likeness (QED) is 0.881. The van der Waals surface area contributed by atoms with Crippen LogP contribution in [0.2, 0.25) is 0 Å². The Labute approximate surface area is 109 Å². The number of nitrogens with one attached hydrogen (secondary N) is 1. The van der Waals surface area contributed by atoms with E-state index in [9.17, 15) is 4.79 Å². The van der Waals surface area contributed by atoms with Gasteiger partial charge in [-0.25, -0.2) is 0 Å². The van der Waals surface area contributed by atoms with Gasteiger partial charge < -0.3 is 10.2 Å². The Morgan fingerprint density at radius 2 is 2.11 bits per heavy atom. The van der Waals surface area contributed by atoms with Gasteiger partial charge in [-0.1, -0.05) is 29.8 Å². The minimum atomic E-state index is 0.192. The molecule has 0 aromatic heterocycles. The molecule has 0 radical (unpaired) electrons. The summed E-state index contributed by atoms with van der Waals surface area (Å²) in [7, 11) is 0. The topological polar surface area (TPSA) is 32.3 Å². The second kappa shape index (κ2) is 6.01. The maximum absolute atomic E-state index is 11.4. The fourth-order valence-electron chi connectivity index (χ4n) is 2.40. The minimum absolute atomic E-state index is 0.192. The molecule has 1 heterocycles. The molecule has 1 N–H and O–H groups in total. The predicted molar refractivity (Wildman–Crippen MR) is 73.5 cm³/mol. The Hall–Kier alpha value is -1.35. The molecule has 18 heavy (non-hydrogen) atoms. The van der Waals surface area contributed by atoms with E-state index in [-0.39, 0.29) is 5.91 Å². The van der Waals surface area contributed by atoms with Crippen molar-refractivity contribution in [2.75, 3.05) is 19.6 Å². The summed E-state index contributed by atoms with van der Waals surface area (Å²) in [6.45, 7) is 6.37. The highest BCUT2D eigenvalue weighted by Gasteiger charge is 2.20. The number of carbonyl (C=O) groups is 1. The van der Waals surface area contributed by atoms with Gasteiger partial charge in [0, 0.05) is 32.6 Å². The molecule has 1 saturated heterocycles. The molecule has 3 heteroatoms. The lowest BCUT2D eigenvalue weighted by atomic mass is 10.0. The molecular weight excluding hydrogens is 224 g/mol. The lowest BCUT2D eigenvalue weighted by molar-refractivity contribution is -0.130. The summed E-state index contributed by atoms with van der Waals surface area (Å²) in [5, 5.41) is 3.49. The van der Waals surface area contributed by atoms with Crippen molar-refractivity contribution in [1.82, 2.24) is 10.2 Å². The first-order chi connectivity index (χ1) is 8.65. The smallest absolute Gasteiger partial charge is 0.219 e. The summed E-state index contributed by atoms with van der Waals surface area (Å²) in [4.78, 5) is 13.3. The van der Waals surface area contributed by atoms with Crippen molar-refractivity contribution in [1.29, 1.82) is 0 Å².